The van der Waals surface area contributed by atoms with E-state index in [4.69, 9.17) is 4.74 Å². The van der Waals surface area contributed by atoms with Crippen LogP contribution in [0.1, 0.15) is 33.6 Å². The maximum absolute atomic E-state index is 5.63. The summed E-state index contributed by atoms with van der Waals surface area (Å²) in [6.07, 6.45) is 13.5. The highest BCUT2D eigenvalue weighted by atomic mass is 16.5. The van der Waals surface area contributed by atoms with E-state index < -0.39 is 0 Å². The molecule has 0 aromatic heterocycles. The van der Waals surface area contributed by atoms with E-state index in [2.05, 4.69) is 56.2 Å². The molecule has 16 heavy (non-hydrogen) atoms. The third-order valence-electron chi connectivity index (χ3n) is 2.47. The van der Waals surface area contributed by atoms with Gasteiger partial charge in [0.1, 0.15) is 0 Å². The molecule has 0 bridgehead atoms. The molecule has 0 spiro atoms. The summed E-state index contributed by atoms with van der Waals surface area (Å²) in [6.45, 7) is 8.15. The standard InChI is InChI=1S/C14H22NO/c1-4-11-16-13(3)12-14-9-7-6-8-10-15(14)5-2/h6-10H,4-5,11-12H2,1-3H3. The third-order valence-corrected chi connectivity index (χ3v) is 2.47. The third kappa shape index (κ3) is 4.23. The minimum Gasteiger partial charge on any atom is -0.372 e. The molecule has 1 radical (unpaired) electrons. The van der Waals surface area contributed by atoms with E-state index in [1.807, 2.05) is 0 Å². The molecule has 0 atom stereocenters. The predicted octanol–water partition coefficient (Wildman–Crippen LogP) is 3.64. The van der Waals surface area contributed by atoms with Gasteiger partial charge in [0.2, 0.25) is 0 Å². The number of nitrogens with zero attached hydrogens (tertiary/aromatic N) is 1. The topological polar surface area (TPSA) is 12.5 Å². The van der Waals surface area contributed by atoms with Gasteiger partial charge in [0.25, 0.3) is 0 Å². The highest BCUT2D eigenvalue weighted by Gasteiger charge is 2.11. The molecule has 0 unspecified atom stereocenters. The molecule has 0 aliphatic carbocycles. The molecule has 0 saturated carbocycles. The van der Waals surface area contributed by atoms with Crippen LogP contribution in [-0.2, 0) is 4.74 Å². The molecule has 1 heterocycles. The fourth-order valence-corrected chi connectivity index (χ4v) is 1.63. The minimum atomic E-state index is 0.816. The molecule has 0 N–H and O–H groups in total. The van der Waals surface area contributed by atoms with E-state index in [-0.39, 0.29) is 0 Å². The van der Waals surface area contributed by atoms with Crippen molar-refractivity contribution in [3.8, 4) is 0 Å². The quantitative estimate of drug-likeness (QED) is 0.677. The van der Waals surface area contributed by atoms with Crippen LogP contribution in [0, 0.1) is 6.10 Å². The van der Waals surface area contributed by atoms with Crippen LogP contribution in [0.2, 0.25) is 0 Å². The first-order chi connectivity index (χ1) is 7.77. The first kappa shape index (κ1) is 13.0. The van der Waals surface area contributed by atoms with Crippen molar-refractivity contribution in [2.45, 2.75) is 33.6 Å². The summed E-state index contributed by atoms with van der Waals surface area (Å²) in [5, 5.41) is 0. The SMILES string of the molecule is CCCO[C](C)CC1=CC=CC=CN1CC. The van der Waals surface area contributed by atoms with Gasteiger partial charge in [-0.15, -0.1) is 0 Å². The van der Waals surface area contributed by atoms with Gasteiger partial charge in [0.15, 0.2) is 0 Å². The Morgan fingerprint density at radius 2 is 2.06 bits per heavy atom. The van der Waals surface area contributed by atoms with Gasteiger partial charge < -0.3 is 9.64 Å². The molecule has 1 aliphatic rings. The van der Waals surface area contributed by atoms with E-state index in [0.717, 1.165) is 32.1 Å². The smallest absolute Gasteiger partial charge is 0.0998 e. The average molecular weight is 220 g/mol. The van der Waals surface area contributed by atoms with Crippen molar-refractivity contribution < 1.29 is 4.74 Å². The van der Waals surface area contributed by atoms with Crippen LogP contribution >= 0.6 is 0 Å². The van der Waals surface area contributed by atoms with Crippen LogP contribution in [0.4, 0.5) is 0 Å². The molecule has 0 aromatic carbocycles. The van der Waals surface area contributed by atoms with Crippen LogP contribution in [0.15, 0.2) is 36.2 Å². The molecule has 2 nitrogen and oxygen atoms in total. The first-order valence-corrected chi connectivity index (χ1v) is 6.03. The molecule has 0 aromatic rings. The van der Waals surface area contributed by atoms with E-state index in [1.165, 1.54) is 5.70 Å². The van der Waals surface area contributed by atoms with E-state index >= 15 is 0 Å². The van der Waals surface area contributed by atoms with Gasteiger partial charge in [0, 0.05) is 31.5 Å². The lowest BCUT2D eigenvalue weighted by molar-refractivity contribution is 0.143. The maximum Gasteiger partial charge on any atom is 0.0998 e. The second kappa shape index (κ2) is 7.29. The van der Waals surface area contributed by atoms with Gasteiger partial charge in [-0.1, -0.05) is 19.1 Å². The fourth-order valence-electron chi connectivity index (χ4n) is 1.63. The Morgan fingerprint density at radius 3 is 2.75 bits per heavy atom. The summed E-state index contributed by atoms with van der Waals surface area (Å²) in [4.78, 5) is 2.25. The lowest BCUT2D eigenvalue weighted by atomic mass is 10.2. The second-order valence-electron chi connectivity index (χ2n) is 3.90. The molecule has 1 aliphatic heterocycles. The highest BCUT2D eigenvalue weighted by molar-refractivity contribution is 5.23. The van der Waals surface area contributed by atoms with Gasteiger partial charge in [-0.05, 0) is 32.4 Å². The van der Waals surface area contributed by atoms with Crippen LogP contribution in [0.25, 0.3) is 0 Å². The summed E-state index contributed by atoms with van der Waals surface area (Å²) in [5.41, 5.74) is 1.29. The number of hydrogen-bond donors (Lipinski definition) is 0. The number of allylic oxidation sites excluding steroid dienone is 4. The molecular weight excluding hydrogens is 198 g/mol. The summed E-state index contributed by atoms with van der Waals surface area (Å²) in [7, 11) is 0. The highest BCUT2D eigenvalue weighted by Crippen LogP contribution is 2.20. The van der Waals surface area contributed by atoms with Crippen molar-refractivity contribution >= 4 is 0 Å². The number of hydrogen-bond acceptors (Lipinski definition) is 2. The maximum atomic E-state index is 5.63. The van der Waals surface area contributed by atoms with E-state index in [9.17, 15) is 0 Å². The molecule has 0 amide bonds. The zero-order valence-corrected chi connectivity index (χ0v) is 10.6. The Labute approximate surface area is 99.3 Å². The van der Waals surface area contributed by atoms with Crippen LogP contribution in [0.3, 0.4) is 0 Å². The van der Waals surface area contributed by atoms with Gasteiger partial charge in [-0.3, -0.25) is 0 Å². The molecular formula is C14H22NO. The van der Waals surface area contributed by atoms with Crippen molar-refractivity contribution in [2.75, 3.05) is 13.2 Å². The Balaban J connectivity index is 2.52. The molecule has 0 fully saturated rings. The molecule has 89 valence electrons. The largest absolute Gasteiger partial charge is 0.372 e. The average Bonchev–Trinajstić information content (AvgIpc) is 2.51. The van der Waals surface area contributed by atoms with Crippen molar-refractivity contribution in [1.82, 2.24) is 4.90 Å². The minimum absolute atomic E-state index is 0.816. The van der Waals surface area contributed by atoms with Crippen molar-refractivity contribution in [3.63, 3.8) is 0 Å². The molecule has 1 rings (SSSR count). The second-order valence-corrected chi connectivity index (χ2v) is 3.90. The van der Waals surface area contributed by atoms with Crippen LogP contribution in [0.5, 0.6) is 0 Å². The lowest BCUT2D eigenvalue weighted by Crippen LogP contribution is -2.17. The summed E-state index contributed by atoms with van der Waals surface area (Å²) < 4.78 is 5.63. The van der Waals surface area contributed by atoms with Gasteiger partial charge in [-0.25, -0.2) is 0 Å². The van der Waals surface area contributed by atoms with Gasteiger partial charge in [0.05, 0.1) is 6.10 Å². The predicted molar refractivity (Wildman–Crippen MR) is 68.5 cm³/mol. The summed E-state index contributed by atoms with van der Waals surface area (Å²) in [5.74, 6) is 0. The zero-order valence-electron chi connectivity index (χ0n) is 10.6. The lowest BCUT2D eigenvalue weighted by Gasteiger charge is -2.23. The Kier molecular flexibility index (Phi) is 5.94. The van der Waals surface area contributed by atoms with Gasteiger partial charge in [-0.2, -0.15) is 0 Å². The first-order valence-electron chi connectivity index (χ1n) is 6.03. The number of ether oxygens (including phenoxy) is 1. The van der Waals surface area contributed by atoms with Crippen LogP contribution in [-0.4, -0.2) is 18.1 Å². The fraction of sp³-hybridized carbons (Fsp3) is 0.500. The van der Waals surface area contributed by atoms with E-state index in [0.29, 0.717) is 0 Å². The normalized spacial score (nSPS) is 15.5. The summed E-state index contributed by atoms with van der Waals surface area (Å²) >= 11 is 0. The molecule has 0 saturated heterocycles. The Bertz CT molecular complexity index is 278. The monoisotopic (exact) mass is 220 g/mol. The summed E-state index contributed by atoms with van der Waals surface area (Å²) in [6, 6.07) is 0. The zero-order chi connectivity index (χ0) is 11.8. The van der Waals surface area contributed by atoms with Crippen molar-refractivity contribution in [2.24, 2.45) is 0 Å². The van der Waals surface area contributed by atoms with Crippen molar-refractivity contribution in [1.29, 1.82) is 0 Å². The van der Waals surface area contributed by atoms with Crippen LogP contribution < -0.4 is 0 Å². The van der Waals surface area contributed by atoms with E-state index in [1.54, 1.807) is 0 Å². The molecule has 2 heteroatoms. The van der Waals surface area contributed by atoms with Crippen molar-refractivity contribution in [3.05, 3.63) is 42.3 Å². The Morgan fingerprint density at radius 1 is 1.25 bits per heavy atom. The van der Waals surface area contributed by atoms with Gasteiger partial charge >= 0.3 is 0 Å². The number of rotatable bonds is 6. The Hall–Kier alpha value is -1.02.